The van der Waals surface area contributed by atoms with Crippen molar-refractivity contribution in [3.8, 4) is 0 Å². The van der Waals surface area contributed by atoms with Gasteiger partial charge in [-0.1, -0.05) is 23.7 Å². The molecule has 24 heavy (non-hydrogen) atoms. The lowest BCUT2D eigenvalue weighted by Gasteiger charge is -2.38. The van der Waals surface area contributed by atoms with Crippen LogP contribution in [0.5, 0.6) is 0 Å². The van der Waals surface area contributed by atoms with Crippen LogP contribution in [0.15, 0.2) is 41.1 Å². The van der Waals surface area contributed by atoms with E-state index in [-0.39, 0.29) is 11.3 Å². The molecule has 0 spiro atoms. The molecule has 128 valence electrons. The smallest absolute Gasteiger partial charge is 0.220 e. The molecule has 1 aromatic heterocycles. The van der Waals surface area contributed by atoms with E-state index >= 15 is 0 Å². The zero-order valence-electron chi connectivity index (χ0n) is 13.6. The second-order valence-corrected chi connectivity index (χ2v) is 7.52. The molecule has 2 aromatic rings. The molecule has 1 saturated heterocycles. The highest BCUT2D eigenvalue weighted by Crippen LogP contribution is 2.34. The molecule has 5 heteroatoms. The first kappa shape index (κ1) is 17.5. The monoisotopic (exact) mass is 363 g/mol. The number of aryl methyl sites for hydroxylation is 1. The third-order valence-electron chi connectivity index (χ3n) is 4.75. The van der Waals surface area contributed by atoms with E-state index in [4.69, 9.17) is 16.3 Å². The molecular formula is C19H22ClNO2S. The number of benzene rings is 1. The Morgan fingerprint density at radius 1 is 1.21 bits per heavy atom. The topological polar surface area (TPSA) is 38.3 Å². The van der Waals surface area contributed by atoms with Crippen molar-refractivity contribution < 1.29 is 9.53 Å². The predicted octanol–water partition coefficient (Wildman–Crippen LogP) is 4.20. The Balaban J connectivity index is 1.62. The first-order valence-electron chi connectivity index (χ1n) is 8.30. The van der Waals surface area contributed by atoms with E-state index < -0.39 is 0 Å². The molecule has 0 unspecified atom stereocenters. The second kappa shape index (κ2) is 8.15. The number of carbonyl (C=O) groups excluding carboxylic acids is 1. The van der Waals surface area contributed by atoms with Crippen molar-refractivity contribution in [2.24, 2.45) is 0 Å². The maximum Gasteiger partial charge on any atom is 0.220 e. The SMILES string of the molecule is O=C(CCc1ccsc1)NCC1(c2ccc(Cl)cc2)CCOCC1. The minimum absolute atomic E-state index is 0.0547. The average molecular weight is 364 g/mol. The molecule has 1 N–H and O–H groups in total. The molecule has 0 radical (unpaired) electrons. The largest absolute Gasteiger partial charge is 0.381 e. The normalized spacial score (nSPS) is 16.7. The Bertz CT molecular complexity index is 649. The number of halogens is 1. The number of hydrogen-bond acceptors (Lipinski definition) is 3. The Labute approximate surface area is 152 Å². The van der Waals surface area contributed by atoms with Crippen LogP contribution in [0.4, 0.5) is 0 Å². The van der Waals surface area contributed by atoms with Crippen molar-refractivity contribution in [3.05, 3.63) is 57.2 Å². The van der Waals surface area contributed by atoms with Crippen LogP contribution >= 0.6 is 22.9 Å². The van der Waals surface area contributed by atoms with Gasteiger partial charge in [0.2, 0.25) is 5.91 Å². The van der Waals surface area contributed by atoms with E-state index in [1.54, 1.807) is 11.3 Å². The number of rotatable bonds is 6. The van der Waals surface area contributed by atoms with Gasteiger partial charge in [0.25, 0.3) is 0 Å². The van der Waals surface area contributed by atoms with Gasteiger partial charge in [-0.2, -0.15) is 11.3 Å². The van der Waals surface area contributed by atoms with Crippen molar-refractivity contribution in [1.29, 1.82) is 0 Å². The number of nitrogens with one attached hydrogen (secondary N) is 1. The molecular weight excluding hydrogens is 342 g/mol. The molecule has 3 nitrogen and oxygen atoms in total. The van der Waals surface area contributed by atoms with Gasteiger partial charge in [0.1, 0.15) is 0 Å². The summed E-state index contributed by atoms with van der Waals surface area (Å²) in [6.07, 6.45) is 3.16. The first-order chi connectivity index (χ1) is 11.7. The quantitative estimate of drug-likeness (QED) is 0.835. The molecule has 1 aromatic carbocycles. The lowest BCUT2D eigenvalue weighted by Crippen LogP contribution is -2.44. The molecule has 1 aliphatic rings. The summed E-state index contributed by atoms with van der Waals surface area (Å²) >= 11 is 7.69. The van der Waals surface area contributed by atoms with Crippen molar-refractivity contribution in [1.82, 2.24) is 5.32 Å². The van der Waals surface area contributed by atoms with Gasteiger partial charge >= 0.3 is 0 Å². The number of hydrogen-bond donors (Lipinski definition) is 1. The summed E-state index contributed by atoms with van der Waals surface area (Å²) in [4.78, 5) is 12.2. The number of amides is 1. The van der Waals surface area contributed by atoms with Crippen molar-refractivity contribution in [2.45, 2.75) is 31.1 Å². The van der Waals surface area contributed by atoms with Crippen LogP contribution in [-0.2, 0) is 21.4 Å². The summed E-state index contributed by atoms with van der Waals surface area (Å²) in [6, 6.07) is 10.1. The molecule has 0 aliphatic carbocycles. The molecule has 1 aliphatic heterocycles. The van der Waals surface area contributed by atoms with Gasteiger partial charge in [-0.25, -0.2) is 0 Å². The van der Waals surface area contributed by atoms with Gasteiger partial charge in [-0.05, 0) is 59.3 Å². The Kier molecular flexibility index (Phi) is 5.93. The van der Waals surface area contributed by atoms with Gasteiger partial charge in [-0.3, -0.25) is 4.79 Å². The standard InChI is InChI=1S/C19H22ClNO2S/c20-17-4-2-16(3-5-17)19(8-10-23-11-9-19)14-21-18(22)6-1-15-7-12-24-13-15/h2-5,7,12-13H,1,6,8-11,14H2,(H,21,22). The lowest BCUT2D eigenvalue weighted by molar-refractivity contribution is -0.121. The second-order valence-electron chi connectivity index (χ2n) is 6.31. The van der Waals surface area contributed by atoms with Gasteiger partial charge in [0.05, 0.1) is 0 Å². The fraction of sp³-hybridized carbons (Fsp3) is 0.421. The summed E-state index contributed by atoms with van der Waals surface area (Å²) in [5, 5.41) is 8.03. The van der Waals surface area contributed by atoms with E-state index in [2.05, 4.69) is 28.9 Å². The first-order valence-corrected chi connectivity index (χ1v) is 9.62. The van der Waals surface area contributed by atoms with Gasteiger partial charge in [0, 0.05) is 36.6 Å². The fourth-order valence-corrected chi connectivity index (χ4v) is 4.01. The highest BCUT2D eigenvalue weighted by molar-refractivity contribution is 7.07. The van der Waals surface area contributed by atoms with Gasteiger partial charge in [-0.15, -0.1) is 0 Å². The van der Waals surface area contributed by atoms with Crippen LogP contribution in [0, 0.1) is 0 Å². The van der Waals surface area contributed by atoms with E-state index in [0.717, 1.165) is 37.5 Å². The molecule has 0 bridgehead atoms. The van der Waals surface area contributed by atoms with Gasteiger partial charge < -0.3 is 10.1 Å². The molecule has 2 heterocycles. The summed E-state index contributed by atoms with van der Waals surface area (Å²) < 4.78 is 5.54. The van der Waals surface area contributed by atoms with E-state index in [1.807, 2.05) is 17.5 Å². The highest BCUT2D eigenvalue weighted by Gasteiger charge is 2.34. The van der Waals surface area contributed by atoms with E-state index in [0.29, 0.717) is 13.0 Å². The fourth-order valence-electron chi connectivity index (χ4n) is 3.18. The van der Waals surface area contributed by atoms with Crippen LogP contribution < -0.4 is 5.32 Å². The van der Waals surface area contributed by atoms with Gasteiger partial charge in [0.15, 0.2) is 0 Å². The molecule has 3 rings (SSSR count). The zero-order chi connectivity index (χ0) is 16.8. The van der Waals surface area contributed by atoms with E-state index in [1.165, 1.54) is 11.1 Å². The average Bonchev–Trinajstić information content (AvgIpc) is 3.13. The Morgan fingerprint density at radius 2 is 1.96 bits per heavy atom. The predicted molar refractivity (Wildman–Crippen MR) is 98.8 cm³/mol. The summed E-state index contributed by atoms with van der Waals surface area (Å²) in [7, 11) is 0. The number of carbonyl (C=O) groups is 1. The highest BCUT2D eigenvalue weighted by atomic mass is 35.5. The van der Waals surface area contributed by atoms with Crippen molar-refractivity contribution in [2.75, 3.05) is 19.8 Å². The van der Waals surface area contributed by atoms with Crippen LogP contribution in [0.2, 0.25) is 5.02 Å². The maximum atomic E-state index is 12.2. The van der Waals surface area contributed by atoms with Crippen LogP contribution in [-0.4, -0.2) is 25.7 Å². The molecule has 0 saturated carbocycles. The summed E-state index contributed by atoms with van der Waals surface area (Å²) in [6.45, 7) is 2.11. The minimum Gasteiger partial charge on any atom is -0.381 e. The van der Waals surface area contributed by atoms with Crippen LogP contribution in [0.25, 0.3) is 0 Å². The minimum atomic E-state index is -0.0547. The number of ether oxygens (including phenoxy) is 1. The van der Waals surface area contributed by atoms with Crippen molar-refractivity contribution >= 4 is 28.8 Å². The third kappa shape index (κ3) is 4.38. The molecule has 0 atom stereocenters. The summed E-state index contributed by atoms with van der Waals surface area (Å²) in [5.41, 5.74) is 2.41. The van der Waals surface area contributed by atoms with Crippen LogP contribution in [0.1, 0.15) is 30.4 Å². The van der Waals surface area contributed by atoms with Crippen molar-refractivity contribution in [3.63, 3.8) is 0 Å². The van der Waals surface area contributed by atoms with Crippen LogP contribution in [0.3, 0.4) is 0 Å². The lowest BCUT2D eigenvalue weighted by atomic mass is 9.74. The molecule has 1 amide bonds. The Hall–Kier alpha value is -1.36. The maximum absolute atomic E-state index is 12.2. The number of thiophene rings is 1. The van der Waals surface area contributed by atoms with E-state index in [9.17, 15) is 4.79 Å². The summed E-state index contributed by atoms with van der Waals surface area (Å²) in [5.74, 6) is 0.112. The molecule has 1 fully saturated rings. The Morgan fingerprint density at radius 3 is 2.62 bits per heavy atom. The third-order valence-corrected chi connectivity index (χ3v) is 5.74. The zero-order valence-corrected chi connectivity index (χ0v) is 15.2.